The standard InChI is InChI=1S/C15H17FN2O3/c16-12-3-1-2-11(8-12)13-9-14(19)18(15(13)20)10-17-4-6-21-7-5-17/h1-3,8,13H,4-7,9-10H2. The Balaban J connectivity index is 1.72. The van der Waals surface area contributed by atoms with E-state index in [1.807, 2.05) is 4.90 Å². The third-order valence-corrected chi connectivity index (χ3v) is 3.94. The van der Waals surface area contributed by atoms with Gasteiger partial charge in [0.05, 0.1) is 25.8 Å². The van der Waals surface area contributed by atoms with Crippen LogP contribution in [0.4, 0.5) is 4.39 Å². The maximum Gasteiger partial charge on any atom is 0.238 e. The van der Waals surface area contributed by atoms with Gasteiger partial charge < -0.3 is 4.74 Å². The zero-order valence-corrected chi connectivity index (χ0v) is 11.6. The zero-order valence-electron chi connectivity index (χ0n) is 11.6. The second kappa shape index (κ2) is 5.91. The van der Waals surface area contributed by atoms with E-state index in [1.54, 1.807) is 12.1 Å². The van der Waals surface area contributed by atoms with Crippen LogP contribution in [0.2, 0.25) is 0 Å². The molecule has 1 aromatic carbocycles. The van der Waals surface area contributed by atoms with Crippen molar-refractivity contribution < 1.29 is 18.7 Å². The number of nitrogens with zero attached hydrogens (tertiary/aromatic N) is 2. The lowest BCUT2D eigenvalue weighted by Crippen LogP contribution is -2.46. The van der Waals surface area contributed by atoms with Crippen LogP contribution in [0.1, 0.15) is 17.9 Å². The van der Waals surface area contributed by atoms with Crippen LogP contribution in [0, 0.1) is 5.82 Å². The third-order valence-electron chi connectivity index (χ3n) is 3.94. The van der Waals surface area contributed by atoms with Crippen molar-refractivity contribution in [3.63, 3.8) is 0 Å². The number of ether oxygens (including phenoxy) is 1. The van der Waals surface area contributed by atoms with E-state index < -0.39 is 5.92 Å². The molecule has 2 amide bonds. The Kier molecular flexibility index (Phi) is 3.98. The maximum absolute atomic E-state index is 13.3. The van der Waals surface area contributed by atoms with Gasteiger partial charge in [-0.3, -0.25) is 19.4 Å². The van der Waals surface area contributed by atoms with E-state index in [2.05, 4.69) is 0 Å². The van der Waals surface area contributed by atoms with E-state index in [0.29, 0.717) is 38.5 Å². The number of amides is 2. The first-order valence-corrected chi connectivity index (χ1v) is 7.05. The van der Waals surface area contributed by atoms with E-state index in [4.69, 9.17) is 4.74 Å². The minimum atomic E-state index is -0.561. The Labute approximate surface area is 122 Å². The van der Waals surface area contributed by atoms with Gasteiger partial charge in [0.2, 0.25) is 11.8 Å². The first kappa shape index (κ1) is 14.2. The summed E-state index contributed by atoms with van der Waals surface area (Å²) in [5, 5.41) is 0. The predicted octanol–water partition coefficient (Wildman–Crippen LogP) is 0.958. The number of morpholine rings is 1. The van der Waals surface area contributed by atoms with Crippen LogP contribution < -0.4 is 0 Å². The van der Waals surface area contributed by atoms with E-state index >= 15 is 0 Å². The highest BCUT2D eigenvalue weighted by atomic mass is 19.1. The van der Waals surface area contributed by atoms with Crippen LogP contribution >= 0.6 is 0 Å². The summed E-state index contributed by atoms with van der Waals surface area (Å²) < 4.78 is 18.5. The van der Waals surface area contributed by atoms with Gasteiger partial charge in [-0.05, 0) is 17.7 Å². The first-order chi connectivity index (χ1) is 10.1. The molecule has 1 unspecified atom stereocenters. The maximum atomic E-state index is 13.3. The first-order valence-electron chi connectivity index (χ1n) is 7.05. The molecule has 2 saturated heterocycles. The molecule has 0 saturated carbocycles. The normalized spacial score (nSPS) is 23.9. The van der Waals surface area contributed by atoms with Gasteiger partial charge in [-0.15, -0.1) is 0 Å². The number of carbonyl (C=O) groups is 2. The molecule has 6 heteroatoms. The third kappa shape index (κ3) is 2.96. The molecule has 5 nitrogen and oxygen atoms in total. The van der Waals surface area contributed by atoms with Gasteiger partial charge in [0.1, 0.15) is 5.82 Å². The Bertz CT molecular complexity index is 558. The molecular formula is C15H17FN2O3. The number of hydrogen-bond acceptors (Lipinski definition) is 4. The van der Waals surface area contributed by atoms with Crippen molar-refractivity contribution in [2.75, 3.05) is 33.0 Å². The summed E-state index contributed by atoms with van der Waals surface area (Å²) in [5.41, 5.74) is 0.567. The highest BCUT2D eigenvalue weighted by Crippen LogP contribution is 2.30. The summed E-state index contributed by atoms with van der Waals surface area (Å²) >= 11 is 0. The molecule has 0 bridgehead atoms. The minimum Gasteiger partial charge on any atom is -0.379 e. The van der Waals surface area contributed by atoms with E-state index in [9.17, 15) is 14.0 Å². The Morgan fingerprint density at radius 2 is 2.00 bits per heavy atom. The Hall–Kier alpha value is -1.79. The lowest BCUT2D eigenvalue weighted by Gasteiger charge is -2.29. The summed E-state index contributed by atoms with van der Waals surface area (Å²) in [6.45, 7) is 2.95. The van der Waals surface area contributed by atoms with Crippen molar-refractivity contribution in [2.45, 2.75) is 12.3 Å². The van der Waals surface area contributed by atoms with Crippen LogP contribution in [0.25, 0.3) is 0 Å². The van der Waals surface area contributed by atoms with E-state index in [0.717, 1.165) is 0 Å². The second-order valence-electron chi connectivity index (χ2n) is 5.34. The zero-order chi connectivity index (χ0) is 14.8. The molecule has 3 rings (SSSR count). The summed E-state index contributed by atoms with van der Waals surface area (Å²) in [4.78, 5) is 27.8. The largest absolute Gasteiger partial charge is 0.379 e. The molecule has 1 atom stereocenters. The number of benzene rings is 1. The van der Waals surface area contributed by atoms with Crippen LogP contribution in [-0.2, 0) is 14.3 Å². The molecule has 2 heterocycles. The Morgan fingerprint density at radius 3 is 2.71 bits per heavy atom. The van der Waals surface area contributed by atoms with Crippen molar-refractivity contribution in [2.24, 2.45) is 0 Å². The van der Waals surface area contributed by atoms with Crippen molar-refractivity contribution >= 4 is 11.8 Å². The quantitative estimate of drug-likeness (QED) is 0.779. The average molecular weight is 292 g/mol. The van der Waals surface area contributed by atoms with Gasteiger partial charge in [0.25, 0.3) is 0 Å². The molecule has 1 aromatic rings. The fraction of sp³-hybridized carbons (Fsp3) is 0.467. The molecule has 0 aromatic heterocycles. The van der Waals surface area contributed by atoms with Crippen molar-refractivity contribution in [3.05, 3.63) is 35.6 Å². The molecule has 2 aliphatic heterocycles. The molecule has 2 fully saturated rings. The van der Waals surface area contributed by atoms with Gasteiger partial charge in [0.15, 0.2) is 0 Å². The molecule has 0 aliphatic carbocycles. The van der Waals surface area contributed by atoms with Crippen LogP contribution in [0.3, 0.4) is 0 Å². The highest BCUT2D eigenvalue weighted by Gasteiger charge is 2.40. The molecule has 0 spiro atoms. The lowest BCUT2D eigenvalue weighted by atomic mass is 9.97. The SMILES string of the molecule is O=C1CC(c2cccc(F)c2)C(=O)N1CN1CCOCC1. The van der Waals surface area contributed by atoms with E-state index in [1.165, 1.54) is 17.0 Å². The summed E-state index contributed by atoms with van der Waals surface area (Å²) in [5.74, 6) is -1.38. The summed E-state index contributed by atoms with van der Waals surface area (Å²) in [6, 6.07) is 5.91. The number of carbonyl (C=O) groups excluding carboxylic acids is 2. The molecule has 21 heavy (non-hydrogen) atoms. The summed E-state index contributed by atoms with van der Waals surface area (Å²) in [6.07, 6.45) is 0.118. The van der Waals surface area contributed by atoms with Gasteiger partial charge in [-0.1, -0.05) is 12.1 Å². The van der Waals surface area contributed by atoms with Crippen LogP contribution in [-0.4, -0.2) is 54.6 Å². The predicted molar refractivity (Wildman–Crippen MR) is 72.9 cm³/mol. The van der Waals surface area contributed by atoms with Crippen molar-refractivity contribution in [1.82, 2.24) is 9.80 Å². The monoisotopic (exact) mass is 292 g/mol. The fourth-order valence-electron chi connectivity index (χ4n) is 2.76. The van der Waals surface area contributed by atoms with Gasteiger partial charge in [0, 0.05) is 19.5 Å². The van der Waals surface area contributed by atoms with Crippen molar-refractivity contribution in [1.29, 1.82) is 0 Å². The lowest BCUT2D eigenvalue weighted by molar-refractivity contribution is -0.142. The average Bonchev–Trinajstić information content (AvgIpc) is 2.76. The van der Waals surface area contributed by atoms with E-state index in [-0.39, 0.29) is 24.1 Å². The van der Waals surface area contributed by atoms with Gasteiger partial charge >= 0.3 is 0 Å². The number of likely N-dealkylation sites (tertiary alicyclic amines) is 1. The molecular weight excluding hydrogens is 275 g/mol. The summed E-state index contributed by atoms with van der Waals surface area (Å²) in [7, 11) is 0. The van der Waals surface area contributed by atoms with Crippen LogP contribution in [0.15, 0.2) is 24.3 Å². The van der Waals surface area contributed by atoms with Gasteiger partial charge in [-0.25, -0.2) is 4.39 Å². The van der Waals surface area contributed by atoms with Crippen LogP contribution in [0.5, 0.6) is 0 Å². The Morgan fingerprint density at radius 1 is 1.24 bits per heavy atom. The molecule has 0 N–H and O–H groups in total. The number of hydrogen-bond donors (Lipinski definition) is 0. The molecule has 0 radical (unpaired) electrons. The molecule has 112 valence electrons. The number of imide groups is 1. The highest BCUT2D eigenvalue weighted by molar-refractivity contribution is 6.06. The fourth-order valence-corrected chi connectivity index (χ4v) is 2.76. The minimum absolute atomic E-state index is 0.118. The van der Waals surface area contributed by atoms with Gasteiger partial charge in [-0.2, -0.15) is 0 Å². The molecule has 2 aliphatic rings. The number of rotatable bonds is 3. The number of halogens is 1. The van der Waals surface area contributed by atoms with Crippen molar-refractivity contribution in [3.8, 4) is 0 Å². The second-order valence-corrected chi connectivity index (χ2v) is 5.34. The topological polar surface area (TPSA) is 49.9 Å². The smallest absolute Gasteiger partial charge is 0.238 e.